The number of nitrogens with zero attached hydrogens (tertiary/aromatic N) is 2. The molecule has 1 heterocycles. The van der Waals surface area contributed by atoms with Crippen LogP contribution in [-0.4, -0.2) is 36.4 Å². The molecule has 27 heavy (non-hydrogen) atoms. The second-order valence-corrected chi connectivity index (χ2v) is 5.85. The molecule has 3 rings (SSSR count). The normalized spacial score (nSPS) is 10.3. The van der Waals surface area contributed by atoms with Crippen molar-refractivity contribution in [3.63, 3.8) is 0 Å². The topological polar surface area (TPSA) is 73.3 Å². The zero-order valence-corrected chi connectivity index (χ0v) is 15.1. The third-order valence-corrected chi connectivity index (χ3v) is 3.91. The number of nitrogens with one attached hydrogen (secondary N) is 1. The summed E-state index contributed by atoms with van der Waals surface area (Å²) in [5.74, 6) is 1.18. The molecule has 0 aliphatic rings. The van der Waals surface area contributed by atoms with Gasteiger partial charge in [0.15, 0.2) is 0 Å². The number of benzene rings is 2. The number of amides is 1. The number of ether oxygens (including phenoxy) is 2. The summed E-state index contributed by atoms with van der Waals surface area (Å²) in [7, 11) is 1.63. The zero-order valence-electron chi connectivity index (χ0n) is 15.1. The van der Waals surface area contributed by atoms with Crippen LogP contribution in [-0.2, 0) is 11.2 Å². The van der Waals surface area contributed by atoms with E-state index in [1.54, 1.807) is 13.2 Å². The average Bonchev–Trinajstić information content (AvgIpc) is 2.72. The number of rotatable bonds is 8. The largest absolute Gasteiger partial charge is 0.497 e. The third kappa shape index (κ3) is 5.54. The van der Waals surface area contributed by atoms with E-state index < -0.39 is 0 Å². The van der Waals surface area contributed by atoms with Gasteiger partial charge in [0, 0.05) is 11.6 Å². The van der Waals surface area contributed by atoms with Crippen molar-refractivity contribution in [1.29, 1.82) is 0 Å². The first-order chi connectivity index (χ1) is 13.2. The highest BCUT2D eigenvalue weighted by molar-refractivity contribution is 5.78. The Morgan fingerprint density at radius 2 is 1.74 bits per heavy atom. The van der Waals surface area contributed by atoms with Crippen LogP contribution in [0.25, 0.3) is 11.3 Å². The Morgan fingerprint density at radius 1 is 0.963 bits per heavy atom. The molecule has 1 N–H and O–H groups in total. The molecular weight excluding hydrogens is 342 g/mol. The minimum Gasteiger partial charge on any atom is -0.497 e. The third-order valence-electron chi connectivity index (χ3n) is 3.91. The van der Waals surface area contributed by atoms with Crippen molar-refractivity contribution in [2.45, 2.75) is 6.42 Å². The van der Waals surface area contributed by atoms with Gasteiger partial charge < -0.3 is 14.8 Å². The highest BCUT2D eigenvalue weighted by Gasteiger charge is 2.04. The van der Waals surface area contributed by atoms with E-state index >= 15 is 0 Å². The first-order valence-electron chi connectivity index (χ1n) is 8.66. The van der Waals surface area contributed by atoms with E-state index in [1.807, 2.05) is 60.7 Å². The standard InChI is InChI=1S/C21H21N3O3/c1-26-18-9-7-17(8-10-18)19-11-12-21(24-23-19)27-14-13-22-20(25)15-16-5-3-2-4-6-16/h2-12H,13-15H2,1H3,(H,22,25). The van der Waals surface area contributed by atoms with Crippen LogP contribution in [0.2, 0.25) is 0 Å². The second kappa shape index (κ2) is 9.33. The highest BCUT2D eigenvalue weighted by atomic mass is 16.5. The number of carbonyl (C=O) groups excluding carboxylic acids is 1. The quantitative estimate of drug-likeness (QED) is 0.623. The Kier molecular flexibility index (Phi) is 6.35. The molecule has 6 heteroatoms. The maximum absolute atomic E-state index is 11.9. The molecule has 0 bridgehead atoms. The summed E-state index contributed by atoms with van der Waals surface area (Å²) in [5.41, 5.74) is 2.68. The molecule has 0 radical (unpaired) electrons. The lowest BCUT2D eigenvalue weighted by Gasteiger charge is -2.07. The summed E-state index contributed by atoms with van der Waals surface area (Å²) in [6.45, 7) is 0.741. The maximum Gasteiger partial charge on any atom is 0.233 e. The van der Waals surface area contributed by atoms with Crippen LogP contribution in [0.4, 0.5) is 0 Å². The lowest BCUT2D eigenvalue weighted by Crippen LogP contribution is -2.29. The Bertz CT molecular complexity index is 850. The lowest BCUT2D eigenvalue weighted by molar-refractivity contribution is -0.120. The van der Waals surface area contributed by atoms with Gasteiger partial charge in [0.2, 0.25) is 11.8 Å². The molecule has 0 atom stereocenters. The number of carbonyl (C=O) groups is 1. The number of methoxy groups -OCH3 is 1. The molecule has 3 aromatic rings. The predicted molar refractivity (Wildman–Crippen MR) is 103 cm³/mol. The van der Waals surface area contributed by atoms with E-state index in [4.69, 9.17) is 9.47 Å². The molecule has 0 unspecified atom stereocenters. The minimum atomic E-state index is -0.0364. The van der Waals surface area contributed by atoms with E-state index in [2.05, 4.69) is 15.5 Å². The van der Waals surface area contributed by atoms with Crippen molar-refractivity contribution in [3.05, 3.63) is 72.3 Å². The average molecular weight is 363 g/mol. The maximum atomic E-state index is 11.9. The number of hydrogen-bond acceptors (Lipinski definition) is 5. The van der Waals surface area contributed by atoms with Crippen molar-refractivity contribution in [3.8, 4) is 22.9 Å². The zero-order chi connectivity index (χ0) is 18.9. The van der Waals surface area contributed by atoms with Crippen LogP contribution in [0.15, 0.2) is 66.7 Å². The molecule has 0 spiro atoms. The van der Waals surface area contributed by atoms with Gasteiger partial charge in [-0.1, -0.05) is 30.3 Å². The summed E-state index contributed by atoms with van der Waals surface area (Å²) in [6.07, 6.45) is 0.358. The highest BCUT2D eigenvalue weighted by Crippen LogP contribution is 2.20. The smallest absolute Gasteiger partial charge is 0.233 e. The van der Waals surface area contributed by atoms with Crippen LogP contribution in [0.3, 0.4) is 0 Å². The van der Waals surface area contributed by atoms with Crippen molar-refractivity contribution >= 4 is 5.91 Å². The lowest BCUT2D eigenvalue weighted by atomic mass is 10.1. The van der Waals surface area contributed by atoms with Crippen molar-refractivity contribution < 1.29 is 14.3 Å². The van der Waals surface area contributed by atoms with E-state index in [9.17, 15) is 4.79 Å². The molecule has 6 nitrogen and oxygen atoms in total. The SMILES string of the molecule is COc1ccc(-c2ccc(OCCNC(=O)Cc3ccccc3)nn2)cc1. The predicted octanol–water partition coefficient (Wildman–Crippen LogP) is 2.89. The van der Waals surface area contributed by atoms with Gasteiger partial charge in [-0.05, 0) is 35.9 Å². The number of hydrogen-bond donors (Lipinski definition) is 1. The Labute approximate surface area is 158 Å². The molecule has 0 fully saturated rings. The Hall–Kier alpha value is -3.41. The Balaban J connectivity index is 1.42. The molecule has 0 saturated carbocycles. The van der Waals surface area contributed by atoms with Gasteiger partial charge in [0.1, 0.15) is 12.4 Å². The molecule has 138 valence electrons. The first-order valence-corrected chi connectivity index (χ1v) is 8.66. The fourth-order valence-electron chi connectivity index (χ4n) is 2.50. The first kappa shape index (κ1) is 18.4. The monoisotopic (exact) mass is 363 g/mol. The van der Waals surface area contributed by atoms with Gasteiger partial charge in [0.25, 0.3) is 0 Å². The summed E-state index contributed by atoms with van der Waals surface area (Å²) < 4.78 is 10.7. The van der Waals surface area contributed by atoms with Crippen molar-refractivity contribution in [2.75, 3.05) is 20.3 Å². The summed E-state index contributed by atoms with van der Waals surface area (Å²) in [4.78, 5) is 11.9. The van der Waals surface area contributed by atoms with Gasteiger partial charge >= 0.3 is 0 Å². The fourth-order valence-corrected chi connectivity index (χ4v) is 2.50. The molecule has 0 aliphatic carbocycles. The summed E-state index contributed by atoms with van der Waals surface area (Å²) >= 11 is 0. The summed E-state index contributed by atoms with van der Waals surface area (Å²) in [5, 5.41) is 11.1. The van der Waals surface area contributed by atoms with Crippen molar-refractivity contribution in [2.24, 2.45) is 0 Å². The van der Waals surface area contributed by atoms with Crippen LogP contribution in [0, 0.1) is 0 Å². The molecule has 1 aromatic heterocycles. The van der Waals surface area contributed by atoms with Crippen LogP contribution in [0.5, 0.6) is 11.6 Å². The van der Waals surface area contributed by atoms with Crippen molar-refractivity contribution in [1.82, 2.24) is 15.5 Å². The molecule has 2 aromatic carbocycles. The summed E-state index contributed by atoms with van der Waals surface area (Å²) in [6, 6.07) is 20.8. The van der Waals surface area contributed by atoms with Gasteiger partial charge in [-0.15, -0.1) is 10.2 Å². The van der Waals surface area contributed by atoms with Gasteiger partial charge in [-0.25, -0.2) is 0 Å². The fraction of sp³-hybridized carbons (Fsp3) is 0.190. The second-order valence-electron chi connectivity index (χ2n) is 5.85. The van der Waals surface area contributed by atoms with E-state index in [0.717, 1.165) is 22.6 Å². The molecule has 1 amide bonds. The Morgan fingerprint density at radius 3 is 2.41 bits per heavy atom. The van der Waals surface area contributed by atoms with Crippen LogP contribution < -0.4 is 14.8 Å². The van der Waals surface area contributed by atoms with Gasteiger partial charge in [0.05, 0.1) is 25.8 Å². The van der Waals surface area contributed by atoms with Crippen LogP contribution >= 0.6 is 0 Å². The number of aromatic nitrogens is 2. The van der Waals surface area contributed by atoms with Gasteiger partial charge in [-0.3, -0.25) is 4.79 Å². The molecule has 0 aliphatic heterocycles. The molecule has 0 saturated heterocycles. The minimum absolute atomic E-state index is 0.0364. The van der Waals surface area contributed by atoms with Gasteiger partial charge in [-0.2, -0.15) is 0 Å². The van der Waals surface area contributed by atoms with E-state index in [-0.39, 0.29) is 5.91 Å². The molecular formula is C21H21N3O3. The van der Waals surface area contributed by atoms with E-state index in [0.29, 0.717) is 25.5 Å². The van der Waals surface area contributed by atoms with Crippen LogP contribution in [0.1, 0.15) is 5.56 Å². The van der Waals surface area contributed by atoms with E-state index in [1.165, 1.54) is 0 Å².